The molecule has 17 heavy (non-hydrogen) atoms. The molecule has 0 saturated heterocycles. The van der Waals surface area contributed by atoms with Crippen molar-refractivity contribution in [1.29, 1.82) is 5.26 Å². The predicted octanol–water partition coefficient (Wildman–Crippen LogP) is 0.778. The minimum absolute atomic E-state index is 0.303. The molecule has 1 N–H and O–H groups in total. The highest BCUT2D eigenvalue weighted by Gasteiger charge is 2.43. The molecule has 0 aliphatic carbocycles. The molecule has 0 fully saturated rings. The van der Waals surface area contributed by atoms with Gasteiger partial charge in [0.15, 0.2) is 6.04 Å². The van der Waals surface area contributed by atoms with Crippen molar-refractivity contribution < 1.29 is 19.0 Å². The highest BCUT2D eigenvalue weighted by Crippen LogP contribution is 2.20. The Morgan fingerprint density at radius 1 is 1.24 bits per heavy atom. The number of nitrogens with zero attached hydrogens (tertiary/aromatic N) is 1. The Balaban J connectivity index is 5.05. The van der Waals surface area contributed by atoms with Crippen molar-refractivity contribution >= 4 is 5.91 Å². The second-order valence-electron chi connectivity index (χ2n) is 3.17. The lowest BCUT2D eigenvalue weighted by molar-refractivity contribution is -0.382. The lowest BCUT2D eigenvalue weighted by Gasteiger charge is -2.35. The van der Waals surface area contributed by atoms with Gasteiger partial charge in [-0.15, -0.1) is 0 Å². The van der Waals surface area contributed by atoms with Crippen LogP contribution in [0.15, 0.2) is 0 Å². The maximum Gasteiger partial charge on any atom is 0.318 e. The molecule has 0 saturated carbocycles. The molecule has 0 radical (unpaired) electrons. The Morgan fingerprint density at radius 2 is 1.65 bits per heavy atom. The maximum atomic E-state index is 11.0. The molecule has 0 bridgehead atoms. The summed E-state index contributed by atoms with van der Waals surface area (Å²) in [6, 6.07) is 0.908. The van der Waals surface area contributed by atoms with Crippen molar-refractivity contribution in [3.05, 3.63) is 0 Å². The van der Waals surface area contributed by atoms with Crippen molar-refractivity contribution in [1.82, 2.24) is 5.32 Å². The average molecular weight is 244 g/mol. The molecule has 6 nitrogen and oxygen atoms in total. The van der Waals surface area contributed by atoms with E-state index in [0.717, 1.165) is 0 Å². The van der Waals surface area contributed by atoms with Crippen LogP contribution in [0.2, 0.25) is 0 Å². The van der Waals surface area contributed by atoms with E-state index in [-0.39, 0.29) is 5.91 Å². The predicted molar refractivity (Wildman–Crippen MR) is 60.8 cm³/mol. The molecule has 0 aromatic rings. The first-order valence-corrected chi connectivity index (χ1v) is 5.64. The molecule has 0 aliphatic heterocycles. The molecule has 1 unspecified atom stereocenters. The molecule has 0 heterocycles. The molecule has 98 valence electrons. The number of nitrogens with one attached hydrogen (secondary N) is 1. The molecule has 0 aromatic carbocycles. The van der Waals surface area contributed by atoms with E-state index >= 15 is 0 Å². The smallest absolute Gasteiger partial charge is 0.318 e. The zero-order valence-corrected chi connectivity index (χ0v) is 10.8. The first kappa shape index (κ1) is 15.8. The van der Waals surface area contributed by atoms with E-state index in [4.69, 9.17) is 19.5 Å². The van der Waals surface area contributed by atoms with Crippen LogP contribution in [0.1, 0.15) is 27.7 Å². The van der Waals surface area contributed by atoms with E-state index in [1.807, 2.05) is 6.07 Å². The zero-order chi connectivity index (χ0) is 13.3. The van der Waals surface area contributed by atoms with Crippen LogP contribution in [0.25, 0.3) is 0 Å². The highest BCUT2D eigenvalue weighted by atomic mass is 16.9. The largest absolute Gasteiger partial charge is 0.334 e. The highest BCUT2D eigenvalue weighted by molar-refractivity contribution is 5.73. The van der Waals surface area contributed by atoms with Gasteiger partial charge in [-0.05, 0) is 20.8 Å². The molecule has 6 heteroatoms. The number of carbonyl (C=O) groups excluding carboxylic acids is 1. The summed E-state index contributed by atoms with van der Waals surface area (Å²) < 4.78 is 16.1. The number of ether oxygens (including phenoxy) is 3. The normalized spacial score (nSPS) is 12.9. The number of nitriles is 1. The van der Waals surface area contributed by atoms with Crippen molar-refractivity contribution in [2.24, 2.45) is 0 Å². The number of hydrogen-bond acceptors (Lipinski definition) is 5. The number of rotatable bonds is 8. The third kappa shape index (κ3) is 4.69. The van der Waals surface area contributed by atoms with Crippen molar-refractivity contribution in [3.63, 3.8) is 0 Å². The van der Waals surface area contributed by atoms with E-state index in [0.29, 0.717) is 19.8 Å². The summed E-state index contributed by atoms with van der Waals surface area (Å²) in [5.74, 6) is -1.89. The number of carbonyl (C=O) groups is 1. The summed E-state index contributed by atoms with van der Waals surface area (Å²) in [6.45, 7) is 7.51. The second kappa shape index (κ2) is 8.01. The summed E-state index contributed by atoms with van der Waals surface area (Å²) >= 11 is 0. The van der Waals surface area contributed by atoms with Gasteiger partial charge in [-0.1, -0.05) is 0 Å². The Bertz CT molecular complexity index is 258. The molecule has 0 spiro atoms. The average Bonchev–Trinajstić information content (AvgIpc) is 2.26. The summed E-state index contributed by atoms with van der Waals surface area (Å²) in [5, 5.41) is 11.5. The molecule has 0 aromatic heterocycles. The van der Waals surface area contributed by atoms with Crippen molar-refractivity contribution in [3.8, 4) is 6.07 Å². The van der Waals surface area contributed by atoms with Gasteiger partial charge in [-0.3, -0.25) is 4.79 Å². The van der Waals surface area contributed by atoms with Crippen LogP contribution in [0.4, 0.5) is 0 Å². The first-order valence-electron chi connectivity index (χ1n) is 5.64. The van der Waals surface area contributed by atoms with Gasteiger partial charge in [-0.2, -0.15) is 5.26 Å². The van der Waals surface area contributed by atoms with Gasteiger partial charge < -0.3 is 19.5 Å². The summed E-state index contributed by atoms with van der Waals surface area (Å²) in [5.41, 5.74) is 0. The fraction of sp³-hybridized carbons (Fsp3) is 0.818. The monoisotopic (exact) mass is 244 g/mol. The van der Waals surface area contributed by atoms with Crippen LogP contribution in [-0.4, -0.2) is 37.7 Å². The van der Waals surface area contributed by atoms with Crippen LogP contribution in [0.5, 0.6) is 0 Å². The molecular weight excluding hydrogens is 224 g/mol. The molecule has 1 amide bonds. The minimum Gasteiger partial charge on any atom is -0.334 e. The fourth-order valence-electron chi connectivity index (χ4n) is 1.38. The maximum absolute atomic E-state index is 11.0. The van der Waals surface area contributed by atoms with Gasteiger partial charge >= 0.3 is 5.97 Å². The molecule has 1 atom stereocenters. The van der Waals surface area contributed by atoms with Gasteiger partial charge in [0.25, 0.3) is 0 Å². The Morgan fingerprint density at radius 3 is 1.88 bits per heavy atom. The molecule has 0 aliphatic rings. The summed E-state index contributed by atoms with van der Waals surface area (Å²) in [6.07, 6.45) is 0. The van der Waals surface area contributed by atoms with E-state index in [2.05, 4.69) is 5.32 Å². The Labute approximate surface area is 102 Å². The van der Waals surface area contributed by atoms with Crippen LogP contribution in [-0.2, 0) is 19.0 Å². The molecular formula is C11H20N2O4. The van der Waals surface area contributed by atoms with Gasteiger partial charge in [0.05, 0.1) is 6.07 Å². The quantitative estimate of drug-likeness (QED) is 0.638. The van der Waals surface area contributed by atoms with Crippen molar-refractivity contribution in [2.45, 2.75) is 39.7 Å². The van der Waals surface area contributed by atoms with Crippen molar-refractivity contribution in [2.75, 3.05) is 19.8 Å². The number of amides is 1. The zero-order valence-electron chi connectivity index (χ0n) is 10.8. The second-order valence-corrected chi connectivity index (χ2v) is 3.17. The lowest BCUT2D eigenvalue weighted by atomic mass is 10.2. The summed E-state index contributed by atoms with van der Waals surface area (Å²) in [4.78, 5) is 11.0. The summed E-state index contributed by atoms with van der Waals surface area (Å²) in [7, 11) is 0. The van der Waals surface area contributed by atoms with Gasteiger partial charge in [-0.25, -0.2) is 0 Å². The van der Waals surface area contributed by atoms with Crippen LogP contribution >= 0.6 is 0 Å². The van der Waals surface area contributed by atoms with E-state index < -0.39 is 12.0 Å². The van der Waals surface area contributed by atoms with Crippen LogP contribution in [0.3, 0.4) is 0 Å². The SMILES string of the molecule is CCOC(OCC)(OCC)C(C#N)NC(C)=O. The Hall–Kier alpha value is -1.16. The fourth-order valence-corrected chi connectivity index (χ4v) is 1.38. The van der Waals surface area contributed by atoms with Crippen LogP contribution in [0, 0.1) is 11.3 Å². The van der Waals surface area contributed by atoms with Crippen LogP contribution < -0.4 is 5.32 Å². The van der Waals surface area contributed by atoms with E-state index in [9.17, 15) is 4.79 Å². The first-order chi connectivity index (χ1) is 8.06. The topological polar surface area (TPSA) is 80.6 Å². The third-order valence-electron chi connectivity index (χ3n) is 1.87. The molecule has 0 rings (SSSR count). The standard InChI is InChI=1S/C11H20N2O4/c1-5-15-11(16-6-2,17-7-3)10(8-12)13-9(4)14/h10H,5-7H2,1-4H3,(H,13,14). The third-order valence-corrected chi connectivity index (χ3v) is 1.87. The van der Waals surface area contributed by atoms with E-state index in [1.165, 1.54) is 6.92 Å². The number of hydrogen-bond donors (Lipinski definition) is 1. The van der Waals surface area contributed by atoms with Gasteiger partial charge in [0, 0.05) is 26.7 Å². The minimum atomic E-state index is -1.54. The Kier molecular flexibility index (Phi) is 7.46. The van der Waals surface area contributed by atoms with Gasteiger partial charge in [0.1, 0.15) is 0 Å². The lowest BCUT2D eigenvalue weighted by Crippen LogP contribution is -2.56. The van der Waals surface area contributed by atoms with E-state index in [1.54, 1.807) is 20.8 Å². The van der Waals surface area contributed by atoms with Gasteiger partial charge in [0.2, 0.25) is 5.91 Å².